The van der Waals surface area contributed by atoms with E-state index in [-0.39, 0.29) is 5.56 Å². The van der Waals surface area contributed by atoms with E-state index in [2.05, 4.69) is 9.80 Å². The Hall–Kier alpha value is -3.78. The summed E-state index contributed by atoms with van der Waals surface area (Å²) in [6.07, 6.45) is -3.51. The second-order valence-electron chi connectivity index (χ2n) is 9.23. The number of benzene rings is 3. The van der Waals surface area contributed by atoms with Crippen molar-refractivity contribution in [3.63, 3.8) is 0 Å². The van der Waals surface area contributed by atoms with Gasteiger partial charge in [0, 0.05) is 56.6 Å². The first-order chi connectivity index (χ1) is 17.9. The molecule has 0 atom stereocenters. The highest BCUT2D eigenvalue weighted by Gasteiger charge is 2.30. The number of para-hydroxylation sites is 1. The smallest absolute Gasteiger partial charge is 0.369 e. The molecule has 1 aromatic heterocycles. The molecule has 0 saturated carbocycles. The van der Waals surface area contributed by atoms with Crippen LogP contribution in [0.25, 0.3) is 16.9 Å². The van der Waals surface area contributed by atoms with Crippen LogP contribution in [0.15, 0.2) is 95.8 Å². The molecule has 1 fully saturated rings. The van der Waals surface area contributed by atoms with Crippen LogP contribution < -0.4 is 10.5 Å². The second-order valence-corrected chi connectivity index (χ2v) is 9.23. The van der Waals surface area contributed by atoms with Crippen LogP contribution in [0.1, 0.15) is 12.0 Å². The van der Waals surface area contributed by atoms with Crippen LogP contribution in [0.5, 0.6) is 0 Å². The molecule has 0 unspecified atom stereocenters. The number of alkyl halides is 3. The van der Waals surface area contributed by atoms with Gasteiger partial charge in [0.2, 0.25) is 0 Å². The van der Waals surface area contributed by atoms with E-state index in [4.69, 9.17) is 0 Å². The summed E-state index contributed by atoms with van der Waals surface area (Å²) in [6.45, 7) is 4.58. The van der Waals surface area contributed by atoms with E-state index in [0.717, 1.165) is 73.9 Å². The number of piperazine rings is 1. The summed E-state index contributed by atoms with van der Waals surface area (Å²) in [7, 11) is 0. The van der Waals surface area contributed by atoms with Gasteiger partial charge in [0.25, 0.3) is 5.56 Å². The minimum atomic E-state index is -4.32. The Bertz CT molecular complexity index is 1350. The van der Waals surface area contributed by atoms with E-state index >= 15 is 0 Å². The predicted molar refractivity (Wildman–Crippen MR) is 140 cm³/mol. The topological polar surface area (TPSA) is 33.4 Å². The summed E-state index contributed by atoms with van der Waals surface area (Å²) in [5, 5.41) is 0. The molecule has 8 heteroatoms. The van der Waals surface area contributed by atoms with E-state index in [1.165, 1.54) is 0 Å². The van der Waals surface area contributed by atoms with Gasteiger partial charge < -0.3 is 4.90 Å². The Labute approximate surface area is 214 Å². The third kappa shape index (κ3) is 5.64. The van der Waals surface area contributed by atoms with E-state index in [9.17, 15) is 18.0 Å². The number of hydrogen-bond acceptors (Lipinski definition) is 3. The van der Waals surface area contributed by atoms with Gasteiger partial charge in [-0.1, -0.05) is 48.5 Å². The van der Waals surface area contributed by atoms with Crippen molar-refractivity contribution in [2.24, 2.45) is 0 Å². The maximum Gasteiger partial charge on any atom is 0.416 e. The maximum atomic E-state index is 13.0. The molecule has 37 heavy (non-hydrogen) atoms. The number of aromatic nitrogens is 2. The normalized spacial score (nSPS) is 14.7. The fourth-order valence-corrected chi connectivity index (χ4v) is 4.89. The molecule has 2 heterocycles. The van der Waals surface area contributed by atoms with Crippen molar-refractivity contribution in [3.8, 4) is 16.9 Å². The molecule has 0 N–H and O–H groups in total. The van der Waals surface area contributed by atoms with E-state index in [1.807, 2.05) is 65.3 Å². The number of hydrogen-bond donors (Lipinski definition) is 0. The lowest BCUT2D eigenvalue weighted by Crippen LogP contribution is -2.46. The quantitative estimate of drug-likeness (QED) is 0.330. The summed E-state index contributed by atoms with van der Waals surface area (Å²) in [5.74, 6) is 0. The SMILES string of the molecule is O=c1cc(-c2ccccc2)n(-c2ccccc2)n1CCCN1CCN(c2ccc(C(F)(F)F)cc2)CC1. The Balaban J connectivity index is 1.23. The third-order valence-electron chi connectivity index (χ3n) is 6.83. The molecule has 0 radical (unpaired) electrons. The summed E-state index contributed by atoms with van der Waals surface area (Å²) in [6, 6.07) is 26.9. The molecule has 1 aliphatic heterocycles. The Morgan fingerprint density at radius 2 is 1.32 bits per heavy atom. The molecule has 5 rings (SSSR count). The summed E-state index contributed by atoms with van der Waals surface area (Å²) < 4.78 is 42.3. The fraction of sp³-hybridized carbons (Fsp3) is 0.276. The van der Waals surface area contributed by atoms with Crippen molar-refractivity contribution in [2.75, 3.05) is 37.6 Å². The molecule has 0 amide bonds. The van der Waals surface area contributed by atoms with Crippen LogP contribution in [-0.2, 0) is 12.7 Å². The number of anilines is 1. The minimum absolute atomic E-state index is 0.0326. The molecule has 3 aromatic carbocycles. The molecular formula is C29H29F3N4O. The highest BCUT2D eigenvalue weighted by atomic mass is 19.4. The highest BCUT2D eigenvalue weighted by molar-refractivity contribution is 5.61. The van der Waals surface area contributed by atoms with Gasteiger partial charge in [0.15, 0.2) is 0 Å². The van der Waals surface area contributed by atoms with Gasteiger partial charge in [-0.25, -0.2) is 4.68 Å². The molecule has 1 aliphatic rings. The zero-order valence-corrected chi connectivity index (χ0v) is 20.4. The largest absolute Gasteiger partial charge is 0.416 e. The Morgan fingerprint density at radius 1 is 0.703 bits per heavy atom. The van der Waals surface area contributed by atoms with Gasteiger partial charge in [-0.2, -0.15) is 13.2 Å². The van der Waals surface area contributed by atoms with Gasteiger partial charge in [-0.05, 0) is 42.8 Å². The van der Waals surface area contributed by atoms with Crippen LogP contribution in [0.4, 0.5) is 18.9 Å². The second kappa shape index (κ2) is 10.7. The van der Waals surface area contributed by atoms with E-state index < -0.39 is 11.7 Å². The standard InChI is InChI=1S/C29H29F3N4O/c30-29(31,32)24-12-14-25(15-13-24)34-20-18-33(19-21-34)16-7-17-35-28(37)22-27(23-8-3-1-4-9-23)36(35)26-10-5-2-6-11-26/h1-6,8-15,22H,7,16-21H2. The highest BCUT2D eigenvalue weighted by Crippen LogP contribution is 2.30. The monoisotopic (exact) mass is 506 g/mol. The van der Waals surface area contributed by atoms with Crippen LogP contribution in [0.3, 0.4) is 0 Å². The number of nitrogens with zero attached hydrogens (tertiary/aromatic N) is 4. The molecule has 4 aromatic rings. The minimum Gasteiger partial charge on any atom is -0.369 e. The van der Waals surface area contributed by atoms with E-state index in [1.54, 1.807) is 22.9 Å². The van der Waals surface area contributed by atoms with Crippen LogP contribution in [-0.4, -0.2) is 47.0 Å². The molecule has 192 valence electrons. The first-order valence-electron chi connectivity index (χ1n) is 12.5. The molecule has 0 spiro atoms. The Kier molecular flexibility index (Phi) is 7.19. The van der Waals surface area contributed by atoms with Crippen LogP contribution in [0, 0.1) is 0 Å². The molecule has 0 bridgehead atoms. The zero-order valence-electron chi connectivity index (χ0n) is 20.4. The van der Waals surface area contributed by atoms with Crippen molar-refractivity contribution in [3.05, 3.63) is 107 Å². The van der Waals surface area contributed by atoms with Crippen molar-refractivity contribution >= 4 is 5.69 Å². The first kappa shape index (κ1) is 24.9. The van der Waals surface area contributed by atoms with Gasteiger partial charge in [-0.3, -0.25) is 14.4 Å². The van der Waals surface area contributed by atoms with Gasteiger partial charge in [0.05, 0.1) is 16.9 Å². The van der Waals surface area contributed by atoms with Crippen molar-refractivity contribution in [1.29, 1.82) is 0 Å². The van der Waals surface area contributed by atoms with Crippen molar-refractivity contribution < 1.29 is 13.2 Å². The van der Waals surface area contributed by atoms with Crippen LogP contribution in [0.2, 0.25) is 0 Å². The average Bonchev–Trinajstić information content (AvgIpc) is 3.25. The van der Waals surface area contributed by atoms with Crippen molar-refractivity contribution in [2.45, 2.75) is 19.1 Å². The molecular weight excluding hydrogens is 477 g/mol. The van der Waals surface area contributed by atoms with Gasteiger partial charge >= 0.3 is 6.18 Å². The summed E-state index contributed by atoms with van der Waals surface area (Å²) in [4.78, 5) is 17.5. The van der Waals surface area contributed by atoms with E-state index in [0.29, 0.717) is 6.54 Å². The number of halogens is 3. The summed E-state index contributed by atoms with van der Waals surface area (Å²) in [5.41, 5.74) is 2.95. The van der Waals surface area contributed by atoms with Crippen molar-refractivity contribution in [1.82, 2.24) is 14.3 Å². The first-order valence-corrected chi connectivity index (χ1v) is 12.5. The van der Waals surface area contributed by atoms with Crippen LogP contribution >= 0.6 is 0 Å². The third-order valence-corrected chi connectivity index (χ3v) is 6.83. The van der Waals surface area contributed by atoms with Gasteiger partial charge in [0.1, 0.15) is 0 Å². The average molecular weight is 507 g/mol. The Morgan fingerprint density at radius 3 is 1.95 bits per heavy atom. The number of rotatable bonds is 7. The zero-order chi connectivity index (χ0) is 25.8. The molecule has 1 saturated heterocycles. The van der Waals surface area contributed by atoms with Gasteiger partial charge in [-0.15, -0.1) is 0 Å². The molecule has 5 nitrogen and oxygen atoms in total. The lowest BCUT2D eigenvalue weighted by atomic mass is 10.1. The fourth-order valence-electron chi connectivity index (χ4n) is 4.89. The maximum absolute atomic E-state index is 13.0. The molecule has 0 aliphatic carbocycles. The lowest BCUT2D eigenvalue weighted by molar-refractivity contribution is -0.137. The predicted octanol–water partition coefficient (Wildman–Crippen LogP) is 5.54. The lowest BCUT2D eigenvalue weighted by Gasteiger charge is -2.36. The summed E-state index contributed by atoms with van der Waals surface area (Å²) >= 11 is 0.